The Labute approximate surface area is 95.0 Å². The van der Waals surface area contributed by atoms with Crippen LogP contribution in [0.15, 0.2) is 6.20 Å². The quantitative estimate of drug-likeness (QED) is 0.648. The van der Waals surface area contributed by atoms with Gasteiger partial charge in [0.05, 0.1) is 13.3 Å². The largest absolute Gasteiger partial charge is 0.468 e. The van der Waals surface area contributed by atoms with Crippen LogP contribution in [0, 0.1) is 0 Å². The lowest BCUT2D eigenvalue weighted by molar-refractivity contribution is 0.287. The smallest absolute Gasteiger partial charge is 0.362 e. The Morgan fingerprint density at radius 3 is 2.88 bits per heavy atom. The maximum atomic E-state index is 10.6. The summed E-state index contributed by atoms with van der Waals surface area (Å²) in [6.07, 6.45) is 0.604. The molecule has 0 radical (unpaired) electrons. The normalized spacial score (nSPS) is 11.7. The Bertz CT molecular complexity index is 579. The van der Waals surface area contributed by atoms with Gasteiger partial charge in [-0.15, -0.1) is 0 Å². The Kier molecular flexibility index (Phi) is 2.97. The topological polar surface area (TPSA) is 130 Å². The van der Waals surface area contributed by atoms with Gasteiger partial charge < -0.3 is 24.2 Å². The lowest BCUT2D eigenvalue weighted by Crippen LogP contribution is -2.01. The minimum absolute atomic E-state index is 0.157. The summed E-state index contributed by atoms with van der Waals surface area (Å²) in [5, 5.41) is 0. The summed E-state index contributed by atoms with van der Waals surface area (Å²) >= 11 is 0. The number of fused-ring (bicyclic) bond motifs is 1. The fourth-order valence-corrected chi connectivity index (χ4v) is 1.36. The highest BCUT2D eigenvalue weighted by molar-refractivity contribution is 7.51. The average Bonchev–Trinajstić information content (AvgIpc) is 2.67. The molecule has 0 saturated heterocycles. The van der Waals surface area contributed by atoms with Crippen LogP contribution < -0.4 is 9.47 Å². The molecule has 10 heteroatoms. The molecule has 0 bridgehead atoms. The standard InChI is InChI=1S/C7H9N4O5P/c1-15-7-9-4-2-8-6(10-5(4)11-7)16-3-17(12,13)14/h2H,3H2,1H3,(H2,12,13,14)(H,8,9,10,11). The monoisotopic (exact) mass is 260 g/mol. The first-order valence-corrected chi connectivity index (χ1v) is 6.22. The molecule has 3 N–H and O–H groups in total. The van der Waals surface area contributed by atoms with Crippen LogP contribution in [-0.2, 0) is 4.57 Å². The van der Waals surface area contributed by atoms with Crippen LogP contribution in [0.1, 0.15) is 0 Å². The van der Waals surface area contributed by atoms with Crippen molar-refractivity contribution in [3.05, 3.63) is 6.20 Å². The number of ether oxygens (including phenoxy) is 2. The van der Waals surface area contributed by atoms with Gasteiger partial charge in [0.25, 0.3) is 6.01 Å². The van der Waals surface area contributed by atoms with Gasteiger partial charge in [0.15, 0.2) is 12.0 Å². The molecule has 0 aliphatic heterocycles. The number of hydrogen-bond donors (Lipinski definition) is 3. The van der Waals surface area contributed by atoms with E-state index in [0.717, 1.165) is 0 Å². The number of hydrogen-bond acceptors (Lipinski definition) is 6. The Morgan fingerprint density at radius 2 is 2.24 bits per heavy atom. The third-order valence-electron chi connectivity index (χ3n) is 1.75. The molecule has 0 unspecified atom stereocenters. The third-order valence-corrected chi connectivity index (χ3v) is 2.22. The number of aromatic amines is 1. The van der Waals surface area contributed by atoms with E-state index in [4.69, 9.17) is 19.3 Å². The van der Waals surface area contributed by atoms with E-state index in [-0.39, 0.29) is 17.7 Å². The lowest BCUT2D eigenvalue weighted by Gasteiger charge is -2.04. The predicted molar refractivity (Wildman–Crippen MR) is 55.8 cm³/mol. The van der Waals surface area contributed by atoms with Gasteiger partial charge in [0, 0.05) is 0 Å². The molecule has 2 rings (SSSR count). The van der Waals surface area contributed by atoms with Gasteiger partial charge in [-0.25, -0.2) is 4.98 Å². The summed E-state index contributed by atoms with van der Waals surface area (Å²) < 4.78 is 20.2. The van der Waals surface area contributed by atoms with Crippen LogP contribution in [0.4, 0.5) is 0 Å². The maximum Gasteiger partial charge on any atom is 0.362 e. The fourth-order valence-electron chi connectivity index (χ4n) is 1.08. The molecule has 0 aliphatic carbocycles. The molecule has 92 valence electrons. The number of imidazole rings is 1. The first kappa shape index (κ1) is 11.8. The summed E-state index contributed by atoms with van der Waals surface area (Å²) in [4.78, 5) is 31.6. The van der Waals surface area contributed by atoms with Crippen LogP contribution in [-0.4, -0.2) is 43.2 Å². The molecule has 0 spiro atoms. The van der Waals surface area contributed by atoms with E-state index < -0.39 is 13.9 Å². The minimum atomic E-state index is -4.25. The van der Waals surface area contributed by atoms with Gasteiger partial charge in [-0.1, -0.05) is 0 Å². The van der Waals surface area contributed by atoms with Crippen molar-refractivity contribution in [2.45, 2.75) is 0 Å². The number of rotatable bonds is 4. The number of nitrogens with one attached hydrogen (secondary N) is 1. The highest BCUT2D eigenvalue weighted by atomic mass is 31.2. The second-order valence-electron chi connectivity index (χ2n) is 3.07. The van der Waals surface area contributed by atoms with Gasteiger partial charge in [-0.05, 0) is 0 Å². The van der Waals surface area contributed by atoms with Crippen molar-refractivity contribution in [3.8, 4) is 12.0 Å². The van der Waals surface area contributed by atoms with Gasteiger partial charge in [-0.2, -0.15) is 9.97 Å². The molecule has 9 nitrogen and oxygen atoms in total. The fraction of sp³-hybridized carbons (Fsp3) is 0.286. The summed E-state index contributed by atoms with van der Waals surface area (Å²) in [5.74, 6) is 0. The van der Waals surface area contributed by atoms with E-state index in [1.807, 2.05) is 0 Å². The van der Waals surface area contributed by atoms with Gasteiger partial charge in [-0.3, -0.25) is 4.57 Å². The highest BCUT2D eigenvalue weighted by Crippen LogP contribution is 2.33. The summed E-state index contributed by atoms with van der Waals surface area (Å²) in [5.41, 5.74) is 0.822. The number of methoxy groups -OCH3 is 1. The Hall–Kier alpha value is -1.70. The molecule has 0 atom stereocenters. The maximum absolute atomic E-state index is 10.6. The molecule has 0 fully saturated rings. The Morgan fingerprint density at radius 1 is 1.47 bits per heavy atom. The van der Waals surface area contributed by atoms with E-state index in [1.54, 1.807) is 0 Å². The van der Waals surface area contributed by atoms with Crippen LogP contribution in [0.25, 0.3) is 11.2 Å². The minimum Gasteiger partial charge on any atom is -0.468 e. The van der Waals surface area contributed by atoms with Crippen molar-refractivity contribution in [2.75, 3.05) is 13.5 Å². The predicted octanol–water partition coefficient (Wildman–Crippen LogP) is -0.125. The van der Waals surface area contributed by atoms with Crippen LogP contribution in [0.3, 0.4) is 0 Å². The van der Waals surface area contributed by atoms with Crippen molar-refractivity contribution in [1.29, 1.82) is 0 Å². The SMILES string of the molecule is COc1nc2nc(OCP(=O)(O)O)ncc2[nH]1. The molecule has 2 aromatic heterocycles. The van der Waals surface area contributed by atoms with Gasteiger partial charge in [0.1, 0.15) is 5.52 Å². The van der Waals surface area contributed by atoms with E-state index >= 15 is 0 Å². The van der Waals surface area contributed by atoms with E-state index in [9.17, 15) is 4.57 Å². The second kappa shape index (κ2) is 4.28. The van der Waals surface area contributed by atoms with Crippen molar-refractivity contribution in [3.63, 3.8) is 0 Å². The van der Waals surface area contributed by atoms with Crippen molar-refractivity contribution >= 4 is 18.8 Å². The molecular weight excluding hydrogens is 251 g/mol. The zero-order valence-corrected chi connectivity index (χ0v) is 9.59. The van der Waals surface area contributed by atoms with E-state index in [0.29, 0.717) is 5.52 Å². The third kappa shape index (κ3) is 2.90. The van der Waals surface area contributed by atoms with Crippen LogP contribution in [0.5, 0.6) is 12.0 Å². The molecule has 0 amide bonds. The zero-order valence-electron chi connectivity index (χ0n) is 8.69. The Balaban J connectivity index is 2.22. The number of H-pyrrole nitrogens is 1. The van der Waals surface area contributed by atoms with Crippen molar-refractivity contribution < 1.29 is 23.8 Å². The van der Waals surface area contributed by atoms with Gasteiger partial charge in [0.2, 0.25) is 0 Å². The number of aromatic nitrogens is 4. The lowest BCUT2D eigenvalue weighted by atomic mass is 10.6. The summed E-state index contributed by atoms with van der Waals surface area (Å²) in [7, 11) is -2.81. The van der Waals surface area contributed by atoms with E-state index in [2.05, 4.69) is 19.9 Å². The molecular formula is C7H9N4O5P. The molecule has 0 aliphatic rings. The van der Waals surface area contributed by atoms with Crippen LogP contribution in [0.2, 0.25) is 0 Å². The highest BCUT2D eigenvalue weighted by Gasteiger charge is 2.15. The summed E-state index contributed by atoms with van der Waals surface area (Å²) in [6, 6.07) is 0.108. The molecule has 0 saturated carbocycles. The molecule has 17 heavy (non-hydrogen) atoms. The first-order valence-electron chi connectivity index (χ1n) is 4.42. The van der Waals surface area contributed by atoms with Crippen molar-refractivity contribution in [1.82, 2.24) is 19.9 Å². The van der Waals surface area contributed by atoms with Crippen molar-refractivity contribution in [2.24, 2.45) is 0 Å². The van der Waals surface area contributed by atoms with Crippen LogP contribution >= 0.6 is 7.60 Å². The molecule has 0 aromatic carbocycles. The zero-order chi connectivity index (χ0) is 12.5. The summed E-state index contributed by atoms with van der Waals surface area (Å²) in [6.45, 7) is 0. The number of nitrogens with zero attached hydrogens (tertiary/aromatic N) is 3. The van der Waals surface area contributed by atoms with E-state index in [1.165, 1.54) is 13.3 Å². The first-order chi connectivity index (χ1) is 7.98. The second-order valence-corrected chi connectivity index (χ2v) is 4.66. The average molecular weight is 260 g/mol. The van der Waals surface area contributed by atoms with Gasteiger partial charge >= 0.3 is 13.6 Å². The molecule has 2 aromatic rings. The molecule has 2 heterocycles.